The van der Waals surface area contributed by atoms with Crippen molar-refractivity contribution in [3.63, 3.8) is 0 Å². The van der Waals surface area contributed by atoms with E-state index in [0.717, 1.165) is 35.4 Å². The molecular formula is C22H22N3O3-. The van der Waals surface area contributed by atoms with Gasteiger partial charge in [-0.15, -0.1) is 0 Å². The number of benzene rings is 1. The predicted octanol–water partition coefficient (Wildman–Crippen LogP) is 2.80. The van der Waals surface area contributed by atoms with E-state index in [1.807, 2.05) is 53.9 Å². The van der Waals surface area contributed by atoms with Crippen LogP contribution in [0.1, 0.15) is 31.4 Å². The lowest BCUT2D eigenvalue weighted by atomic mass is 9.78. The molecule has 0 radical (unpaired) electrons. The summed E-state index contributed by atoms with van der Waals surface area (Å²) in [6.07, 6.45) is 4.74. The molecule has 6 heteroatoms. The molecule has 2 aromatic heterocycles. The van der Waals surface area contributed by atoms with Crippen LogP contribution in [0.3, 0.4) is 0 Å². The Kier molecular flexibility index (Phi) is 4.86. The van der Waals surface area contributed by atoms with Gasteiger partial charge in [-0.25, -0.2) is 4.98 Å². The quantitative estimate of drug-likeness (QED) is 0.759. The molecule has 3 aromatic rings. The Hall–Kier alpha value is -3.15. The molecule has 1 aromatic carbocycles. The van der Waals surface area contributed by atoms with Gasteiger partial charge in [0.15, 0.2) is 0 Å². The average molecular weight is 376 g/mol. The van der Waals surface area contributed by atoms with Crippen LogP contribution in [0.25, 0.3) is 16.9 Å². The largest absolute Gasteiger partial charge is 0.550 e. The number of fused-ring (bicyclic) bond motifs is 1. The van der Waals surface area contributed by atoms with Crippen molar-refractivity contribution in [3.05, 3.63) is 54.4 Å². The van der Waals surface area contributed by atoms with Gasteiger partial charge in [-0.3, -0.25) is 4.79 Å². The van der Waals surface area contributed by atoms with Gasteiger partial charge < -0.3 is 19.6 Å². The zero-order valence-corrected chi connectivity index (χ0v) is 15.7. The van der Waals surface area contributed by atoms with Gasteiger partial charge in [-0.1, -0.05) is 31.0 Å². The van der Waals surface area contributed by atoms with Gasteiger partial charge in [-0.05, 0) is 44.0 Å². The number of carbonyl (C=O) groups excluding carboxylic acids is 2. The van der Waals surface area contributed by atoms with Gasteiger partial charge in [0, 0.05) is 40.9 Å². The number of aryl methyl sites for hydroxylation is 1. The molecule has 2 heterocycles. The SMILES string of the molecule is Cc1cccc2nc(-c3cccc(NC(=O)[C@@H]4CCCC[C@@H]4C(=O)[O-])c3)cn12. The number of nitrogens with zero attached hydrogens (tertiary/aromatic N) is 2. The summed E-state index contributed by atoms with van der Waals surface area (Å²) >= 11 is 0. The lowest BCUT2D eigenvalue weighted by Gasteiger charge is -2.31. The average Bonchev–Trinajstić information content (AvgIpc) is 3.14. The number of carbonyl (C=O) groups is 2. The van der Waals surface area contributed by atoms with E-state index in [1.165, 1.54) is 0 Å². The van der Waals surface area contributed by atoms with E-state index in [4.69, 9.17) is 0 Å². The molecule has 4 rings (SSSR count). The standard InChI is InChI=1S/C22H23N3O3/c1-14-6-4-11-20-24-19(13-25(14)20)15-7-5-8-16(12-15)23-21(26)17-9-2-3-10-18(17)22(27)28/h4-8,11-13,17-18H,2-3,9-10H2,1H3,(H,23,26)(H,27,28)/p-1/t17-,18+/m1/s1. The molecule has 1 aliphatic carbocycles. The van der Waals surface area contributed by atoms with E-state index in [2.05, 4.69) is 10.3 Å². The molecule has 28 heavy (non-hydrogen) atoms. The maximum Gasteiger partial charge on any atom is 0.228 e. The normalized spacial score (nSPS) is 19.5. The van der Waals surface area contributed by atoms with E-state index in [9.17, 15) is 14.7 Å². The summed E-state index contributed by atoms with van der Waals surface area (Å²) in [4.78, 5) is 28.7. The van der Waals surface area contributed by atoms with Crippen LogP contribution in [0.2, 0.25) is 0 Å². The summed E-state index contributed by atoms with van der Waals surface area (Å²) < 4.78 is 2.02. The first kappa shape index (κ1) is 18.2. The molecular weight excluding hydrogens is 354 g/mol. The minimum Gasteiger partial charge on any atom is -0.550 e. The van der Waals surface area contributed by atoms with Gasteiger partial charge in [-0.2, -0.15) is 0 Å². The lowest BCUT2D eigenvalue weighted by Crippen LogP contribution is -2.42. The van der Waals surface area contributed by atoms with Crippen LogP contribution < -0.4 is 10.4 Å². The van der Waals surface area contributed by atoms with Gasteiger partial charge >= 0.3 is 0 Å². The number of imidazole rings is 1. The topological polar surface area (TPSA) is 86.5 Å². The molecule has 1 saturated carbocycles. The highest BCUT2D eigenvalue weighted by Gasteiger charge is 2.31. The number of carboxylic acid groups (broad SMARTS) is 1. The number of aliphatic carboxylic acids is 1. The monoisotopic (exact) mass is 376 g/mol. The summed E-state index contributed by atoms with van der Waals surface area (Å²) in [7, 11) is 0. The van der Waals surface area contributed by atoms with Crippen LogP contribution in [0.15, 0.2) is 48.7 Å². The summed E-state index contributed by atoms with van der Waals surface area (Å²) in [6, 6.07) is 13.4. The van der Waals surface area contributed by atoms with Crippen molar-refractivity contribution in [1.29, 1.82) is 0 Å². The number of anilines is 1. The number of aromatic nitrogens is 2. The zero-order valence-electron chi connectivity index (χ0n) is 15.7. The van der Waals surface area contributed by atoms with Crippen molar-refractivity contribution < 1.29 is 14.7 Å². The second-order valence-corrected chi connectivity index (χ2v) is 7.41. The summed E-state index contributed by atoms with van der Waals surface area (Å²) in [5.41, 5.74) is 4.30. The number of pyridine rings is 1. The fourth-order valence-corrected chi connectivity index (χ4v) is 4.01. The molecule has 0 spiro atoms. The van der Waals surface area contributed by atoms with Crippen LogP contribution in [0, 0.1) is 18.8 Å². The molecule has 1 amide bonds. The van der Waals surface area contributed by atoms with Crippen molar-refractivity contribution in [3.8, 4) is 11.3 Å². The first-order valence-electron chi connectivity index (χ1n) is 9.60. The lowest BCUT2D eigenvalue weighted by molar-refractivity contribution is -0.313. The van der Waals surface area contributed by atoms with E-state index >= 15 is 0 Å². The smallest absolute Gasteiger partial charge is 0.228 e. The fraction of sp³-hybridized carbons (Fsp3) is 0.318. The van der Waals surface area contributed by atoms with Gasteiger partial charge in [0.2, 0.25) is 5.91 Å². The van der Waals surface area contributed by atoms with E-state index in [0.29, 0.717) is 18.5 Å². The summed E-state index contributed by atoms with van der Waals surface area (Å²) in [5, 5.41) is 14.3. The Morgan fingerprint density at radius 3 is 2.61 bits per heavy atom. The molecule has 0 bridgehead atoms. The molecule has 0 saturated heterocycles. The Balaban J connectivity index is 1.57. The number of amides is 1. The van der Waals surface area contributed by atoms with Gasteiger partial charge in [0.05, 0.1) is 5.69 Å². The van der Waals surface area contributed by atoms with Crippen LogP contribution in [-0.4, -0.2) is 21.3 Å². The number of hydrogen-bond donors (Lipinski definition) is 1. The van der Waals surface area contributed by atoms with E-state index < -0.39 is 17.8 Å². The van der Waals surface area contributed by atoms with Crippen molar-refractivity contribution in [2.45, 2.75) is 32.6 Å². The minimum atomic E-state index is -1.13. The maximum absolute atomic E-state index is 12.7. The second kappa shape index (κ2) is 7.46. The van der Waals surface area contributed by atoms with Crippen molar-refractivity contribution in [2.75, 3.05) is 5.32 Å². The number of rotatable bonds is 4. The second-order valence-electron chi connectivity index (χ2n) is 7.41. The Labute approximate surface area is 163 Å². The van der Waals surface area contributed by atoms with Gasteiger partial charge in [0.25, 0.3) is 0 Å². The Morgan fingerprint density at radius 1 is 1.11 bits per heavy atom. The van der Waals surface area contributed by atoms with Crippen LogP contribution in [0.5, 0.6) is 0 Å². The molecule has 0 aliphatic heterocycles. The van der Waals surface area contributed by atoms with Crippen LogP contribution in [0.4, 0.5) is 5.69 Å². The molecule has 1 fully saturated rings. The minimum absolute atomic E-state index is 0.253. The highest BCUT2D eigenvalue weighted by molar-refractivity contribution is 5.95. The fourth-order valence-electron chi connectivity index (χ4n) is 4.01. The predicted molar refractivity (Wildman–Crippen MR) is 104 cm³/mol. The van der Waals surface area contributed by atoms with Crippen molar-refractivity contribution in [1.82, 2.24) is 9.38 Å². The number of hydrogen-bond acceptors (Lipinski definition) is 4. The summed E-state index contributed by atoms with van der Waals surface area (Å²) in [6.45, 7) is 2.02. The number of nitrogens with one attached hydrogen (secondary N) is 1. The first-order chi connectivity index (χ1) is 13.5. The molecule has 6 nitrogen and oxygen atoms in total. The Morgan fingerprint density at radius 2 is 1.86 bits per heavy atom. The Bertz CT molecular complexity index is 1040. The van der Waals surface area contributed by atoms with E-state index in [1.54, 1.807) is 6.07 Å². The first-order valence-corrected chi connectivity index (χ1v) is 9.60. The van der Waals surface area contributed by atoms with Crippen molar-refractivity contribution >= 4 is 23.2 Å². The highest BCUT2D eigenvalue weighted by Crippen LogP contribution is 2.31. The highest BCUT2D eigenvalue weighted by atomic mass is 16.4. The maximum atomic E-state index is 12.7. The van der Waals surface area contributed by atoms with Gasteiger partial charge in [0.1, 0.15) is 5.65 Å². The third kappa shape index (κ3) is 3.50. The zero-order chi connectivity index (χ0) is 19.7. The third-order valence-corrected chi connectivity index (χ3v) is 5.53. The van der Waals surface area contributed by atoms with Crippen LogP contribution >= 0.6 is 0 Å². The summed E-state index contributed by atoms with van der Waals surface area (Å²) in [5.74, 6) is -2.64. The molecule has 1 aliphatic rings. The molecule has 2 atom stereocenters. The molecule has 0 unspecified atom stereocenters. The van der Waals surface area contributed by atoms with Crippen molar-refractivity contribution in [2.24, 2.45) is 11.8 Å². The van der Waals surface area contributed by atoms with Crippen LogP contribution in [-0.2, 0) is 9.59 Å². The number of carboxylic acids is 1. The molecule has 1 N–H and O–H groups in total. The molecule has 144 valence electrons. The third-order valence-electron chi connectivity index (χ3n) is 5.53. The van der Waals surface area contributed by atoms with E-state index in [-0.39, 0.29) is 5.91 Å².